The van der Waals surface area contributed by atoms with Crippen LogP contribution in [0.1, 0.15) is 32.1 Å². The van der Waals surface area contributed by atoms with Crippen LogP contribution in [0.5, 0.6) is 0 Å². The summed E-state index contributed by atoms with van der Waals surface area (Å²) >= 11 is 3.13. The Labute approximate surface area is 94.1 Å². The SMILES string of the molecule is C=C(Br)CNS(=O)(=O)C1CCCCC1. The first-order valence-corrected chi connectivity index (χ1v) is 7.18. The molecule has 82 valence electrons. The Morgan fingerprint density at radius 3 is 2.43 bits per heavy atom. The van der Waals surface area contributed by atoms with Crippen molar-refractivity contribution in [3.63, 3.8) is 0 Å². The van der Waals surface area contributed by atoms with E-state index in [0.29, 0.717) is 11.0 Å². The minimum Gasteiger partial charge on any atom is -0.212 e. The van der Waals surface area contributed by atoms with E-state index in [1.807, 2.05) is 0 Å². The molecule has 0 spiro atoms. The quantitative estimate of drug-likeness (QED) is 0.858. The highest BCUT2D eigenvalue weighted by atomic mass is 79.9. The number of hydrogen-bond acceptors (Lipinski definition) is 2. The van der Waals surface area contributed by atoms with Crippen LogP contribution in [0.3, 0.4) is 0 Å². The van der Waals surface area contributed by atoms with Gasteiger partial charge in [-0.05, 0) is 12.8 Å². The van der Waals surface area contributed by atoms with Crippen molar-refractivity contribution >= 4 is 26.0 Å². The second kappa shape index (κ2) is 5.28. The summed E-state index contributed by atoms with van der Waals surface area (Å²) in [4.78, 5) is 0. The van der Waals surface area contributed by atoms with Crippen LogP contribution in [-0.2, 0) is 10.0 Å². The molecular formula is C9H16BrNO2S. The first-order valence-electron chi connectivity index (χ1n) is 4.84. The summed E-state index contributed by atoms with van der Waals surface area (Å²) in [5, 5.41) is -0.192. The van der Waals surface area contributed by atoms with Gasteiger partial charge in [-0.2, -0.15) is 0 Å². The fourth-order valence-corrected chi connectivity index (χ4v) is 3.56. The summed E-state index contributed by atoms with van der Waals surface area (Å²) in [6.07, 6.45) is 4.81. The zero-order valence-corrected chi connectivity index (χ0v) is 10.5. The molecule has 1 aliphatic carbocycles. The molecule has 14 heavy (non-hydrogen) atoms. The molecule has 0 amide bonds. The summed E-state index contributed by atoms with van der Waals surface area (Å²) in [6.45, 7) is 3.88. The van der Waals surface area contributed by atoms with Crippen molar-refractivity contribution in [2.24, 2.45) is 0 Å². The number of sulfonamides is 1. The van der Waals surface area contributed by atoms with Gasteiger partial charge in [-0.3, -0.25) is 0 Å². The van der Waals surface area contributed by atoms with Crippen molar-refractivity contribution < 1.29 is 8.42 Å². The minimum absolute atomic E-state index is 0.192. The van der Waals surface area contributed by atoms with Crippen molar-refractivity contribution in [3.8, 4) is 0 Å². The van der Waals surface area contributed by atoms with Crippen LogP contribution in [0.15, 0.2) is 11.1 Å². The molecule has 1 N–H and O–H groups in total. The third kappa shape index (κ3) is 3.71. The predicted octanol–water partition coefficient (Wildman–Crippen LogP) is 2.15. The highest BCUT2D eigenvalue weighted by Crippen LogP contribution is 2.23. The molecule has 1 aliphatic rings. The van der Waals surface area contributed by atoms with Crippen LogP contribution < -0.4 is 4.72 Å². The minimum atomic E-state index is -3.12. The monoisotopic (exact) mass is 281 g/mol. The van der Waals surface area contributed by atoms with E-state index in [4.69, 9.17) is 0 Å². The van der Waals surface area contributed by atoms with Gasteiger partial charge in [-0.1, -0.05) is 41.8 Å². The van der Waals surface area contributed by atoms with E-state index in [0.717, 1.165) is 32.1 Å². The van der Waals surface area contributed by atoms with E-state index in [-0.39, 0.29) is 5.25 Å². The fourth-order valence-electron chi connectivity index (χ4n) is 1.67. The van der Waals surface area contributed by atoms with Crippen molar-refractivity contribution in [2.75, 3.05) is 6.54 Å². The van der Waals surface area contributed by atoms with Gasteiger partial charge in [0.2, 0.25) is 10.0 Å². The Kier molecular flexibility index (Phi) is 4.60. The molecule has 1 fully saturated rings. The number of halogens is 1. The van der Waals surface area contributed by atoms with Crippen LogP contribution in [0, 0.1) is 0 Å². The molecular weight excluding hydrogens is 266 g/mol. The molecule has 0 aromatic heterocycles. The molecule has 0 bridgehead atoms. The zero-order chi connectivity index (χ0) is 10.6. The van der Waals surface area contributed by atoms with E-state index in [1.54, 1.807) is 0 Å². The summed E-state index contributed by atoms with van der Waals surface area (Å²) in [5.74, 6) is 0. The van der Waals surface area contributed by atoms with E-state index in [1.165, 1.54) is 0 Å². The van der Waals surface area contributed by atoms with Gasteiger partial charge in [-0.15, -0.1) is 0 Å². The smallest absolute Gasteiger partial charge is 0.212 e. The van der Waals surface area contributed by atoms with Crippen LogP contribution >= 0.6 is 15.9 Å². The molecule has 0 aromatic rings. The highest BCUT2D eigenvalue weighted by molar-refractivity contribution is 9.11. The van der Waals surface area contributed by atoms with Gasteiger partial charge in [0.15, 0.2) is 0 Å². The van der Waals surface area contributed by atoms with Crippen molar-refractivity contribution in [1.82, 2.24) is 4.72 Å². The third-order valence-electron chi connectivity index (χ3n) is 2.46. The average Bonchev–Trinajstić information content (AvgIpc) is 2.16. The lowest BCUT2D eigenvalue weighted by molar-refractivity contribution is 0.479. The topological polar surface area (TPSA) is 46.2 Å². The molecule has 0 atom stereocenters. The molecule has 0 aromatic carbocycles. The van der Waals surface area contributed by atoms with Gasteiger partial charge >= 0.3 is 0 Å². The largest absolute Gasteiger partial charge is 0.214 e. The van der Waals surface area contributed by atoms with Gasteiger partial charge in [0.05, 0.1) is 5.25 Å². The van der Waals surface area contributed by atoms with Crippen LogP contribution in [0.25, 0.3) is 0 Å². The van der Waals surface area contributed by atoms with E-state index < -0.39 is 10.0 Å². The summed E-state index contributed by atoms with van der Waals surface area (Å²) < 4.78 is 26.7. The summed E-state index contributed by atoms with van der Waals surface area (Å²) in [5.41, 5.74) is 0. The molecule has 0 radical (unpaired) electrons. The summed E-state index contributed by atoms with van der Waals surface area (Å²) in [7, 11) is -3.12. The average molecular weight is 282 g/mol. The first-order chi connectivity index (χ1) is 6.52. The maximum Gasteiger partial charge on any atom is 0.214 e. The van der Waals surface area contributed by atoms with E-state index in [9.17, 15) is 8.42 Å². The number of nitrogens with one attached hydrogen (secondary N) is 1. The zero-order valence-electron chi connectivity index (χ0n) is 8.13. The standard InChI is InChI=1S/C9H16BrNO2S/c1-8(10)7-11-14(12,13)9-5-3-2-4-6-9/h9,11H,1-7H2. The Morgan fingerprint density at radius 2 is 1.93 bits per heavy atom. The maximum absolute atomic E-state index is 11.7. The third-order valence-corrected chi connectivity index (χ3v) is 4.63. The highest BCUT2D eigenvalue weighted by Gasteiger charge is 2.26. The molecule has 0 saturated heterocycles. The summed E-state index contributed by atoms with van der Waals surface area (Å²) in [6, 6.07) is 0. The number of rotatable bonds is 4. The van der Waals surface area contributed by atoms with Crippen molar-refractivity contribution in [3.05, 3.63) is 11.1 Å². The fraction of sp³-hybridized carbons (Fsp3) is 0.778. The van der Waals surface area contributed by atoms with Crippen LogP contribution in [-0.4, -0.2) is 20.2 Å². The van der Waals surface area contributed by atoms with Gasteiger partial charge in [0.25, 0.3) is 0 Å². The lowest BCUT2D eigenvalue weighted by Gasteiger charge is -2.21. The van der Waals surface area contributed by atoms with Crippen LogP contribution in [0.4, 0.5) is 0 Å². The molecule has 0 unspecified atom stereocenters. The van der Waals surface area contributed by atoms with E-state index in [2.05, 4.69) is 27.2 Å². The lowest BCUT2D eigenvalue weighted by Crippen LogP contribution is -2.36. The van der Waals surface area contributed by atoms with Crippen LogP contribution in [0.2, 0.25) is 0 Å². The second-order valence-electron chi connectivity index (χ2n) is 3.64. The van der Waals surface area contributed by atoms with Gasteiger partial charge in [0, 0.05) is 11.0 Å². The van der Waals surface area contributed by atoms with Gasteiger partial charge in [-0.25, -0.2) is 13.1 Å². The Morgan fingerprint density at radius 1 is 1.36 bits per heavy atom. The van der Waals surface area contributed by atoms with Crippen molar-refractivity contribution in [2.45, 2.75) is 37.4 Å². The van der Waals surface area contributed by atoms with E-state index >= 15 is 0 Å². The molecule has 0 aliphatic heterocycles. The first kappa shape index (κ1) is 12.2. The second-order valence-corrected chi connectivity index (χ2v) is 6.81. The normalized spacial score (nSPS) is 19.5. The molecule has 5 heteroatoms. The van der Waals surface area contributed by atoms with Crippen molar-refractivity contribution in [1.29, 1.82) is 0 Å². The molecule has 1 rings (SSSR count). The molecule has 0 heterocycles. The predicted molar refractivity (Wildman–Crippen MR) is 61.9 cm³/mol. The molecule has 3 nitrogen and oxygen atoms in total. The van der Waals surface area contributed by atoms with Gasteiger partial charge in [0.1, 0.15) is 0 Å². The Hall–Kier alpha value is 0.130. The maximum atomic E-state index is 11.7. The number of hydrogen-bond donors (Lipinski definition) is 1. The lowest BCUT2D eigenvalue weighted by atomic mass is 10.0. The molecule has 1 saturated carbocycles. The Bertz CT molecular complexity index is 294. The Balaban J connectivity index is 2.50. The van der Waals surface area contributed by atoms with Gasteiger partial charge < -0.3 is 0 Å².